The van der Waals surface area contributed by atoms with Crippen molar-refractivity contribution in [2.24, 2.45) is 0 Å². The summed E-state index contributed by atoms with van der Waals surface area (Å²) in [5.74, 6) is 0.330. The van der Waals surface area contributed by atoms with E-state index in [1.807, 2.05) is 36.6 Å². The molecule has 0 fully saturated rings. The van der Waals surface area contributed by atoms with Crippen molar-refractivity contribution in [1.29, 1.82) is 0 Å². The van der Waals surface area contributed by atoms with E-state index in [0.717, 1.165) is 21.9 Å². The number of carbonyl (C=O) groups is 1. The van der Waals surface area contributed by atoms with E-state index in [1.54, 1.807) is 19.2 Å². The number of thiazole rings is 1. The fourth-order valence-electron chi connectivity index (χ4n) is 2.57. The Morgan fingerprint density at radius 3 is 2.73 bits per heavy atom. The van der Waals surface area contributed by atoms with Crippen LogP contribution in [-0.4, -0.2) is 18.0 Å². The number of hydrogen-bond acceptors (Lipinski definition) is 4. The molecule has 26 heavy (non-hydrogen) atoms. The maximum Gasteiger partial charge on any atom is 0.226 e. The van der Waals surface area contributed by atoms with Gasteiger partial charge in [0.15, 0.2) is 0 Å². The number of nitrogens with zero attached hydrogens (tertiary/aromatic N) is 1. The number of amides is 1. The molecule has 0 spiro atoms. The molecule has 0 aliphatic heterocycles. The summed E-state index contributed by atoms with van der Waals surface area (Å²) in [5.41, 5.74) is 2.43. The van der Waals surface area contributed by atoms with E-state index in [-0.39, 0.29) is 24.2 Å². The monoisotopic (exact) mass is 370 g/mol. The highest BCUT2D eigenvalue weighted by molar-refractivity contribution is 7.13. The van der Waals surface area contributed by atoms with Crippen molar-refractivity contribution in [1.82, 2.24) is 10.3 Å². The molecule has 1 heterocycles. The number of rotatable bonds is 6. The van der Waals surface area contributed by atoms with Gasteiger partial charge in [-0.1, -0.05) is 12.1 Å². The Kier molecular flexibility index (Phi) is 5.63. The second-order valence-electron chi connectivity index (χ2n) is 5.89. The molecule has 134 valence electrons. The summed E-state index contributed by atoms with van der Waals surface area (Å²) in [6.07, 6.45) is 0.187. The van der Waals surface area contributed by atoms with Crippen LogP contribution in [-0.2, 0) is 11.2 Å². The van der Waals surface area contributed by atoms with Gasteiger partial charge in [0.2, 0.25) is 5.91 Å². The van der Waals surface area contributed by atoms with Gasteiger partial charge in [-0.2, -0.15) is 0 Å². The maximum absolute atomic E-state index is 13.3. The lowest BCUT2D eigenvalue weighted by molar-refractivity contribution is -0.121. The predicted octanol–water partition coefficient (Wildman–Crippen LogP) is 4.38. The molecule has 0 radical (unpaired) electrons. The van der Waals surface area contributed by atoms with Gasteiger partial charge < -0.3 is 10.1 Å². The van der Waals surface area contributed by atoms with Crippen molar-refractivity contribution in [2.45, 2.75) is 19.4 Å². The number of halogens is 1. The zero-order valence-corrected chi connectivity index (χ0v) is 15.3. The van der Waals surface area contributed by atoms with Crippen LogP contribution in [0.15, 0.2) is 53.9 Å². The predicted molar refractivity (Wildman–Crippen MR) is 101 cm³/mol. The highest BCUT2D eigenvalue weighted by Gasteiger charge is 2.13. The first-order valence-electron chi connectivity index (χ1n) is 8.19. The highest BCUT2D eigenvalue weighted by atomic mass is 32.1. The van der Waals surface area contributed by atoms with Crippen molar-refractivity contribution < 1.29 is 13.9 Å². The first-order chi connectivity index (χ1) is 12.5. The number of methoxy groups -OCH3 is 1. The molecule has 0 aliphatic carbocycles. The van der Waals surface area contributed by atoms with Crippen LogP contribution in [0.2, 0.25) is 0 Å². The quantitative estimate of drug-likeness (QED) is 0.701. The van der Waals surface area contributed by atoms with Crippen LogP contribution in [0.25, 0.3) is 10.6 Å². The fraction of sp³-hybridized carbons (Fsp3) is 0.200. The van der Waals surface area contributed by atoms with Crippen molar-refractivity contribution in [3.8, 4) is 16.3 Å². The van der Waals surface area contributed by atoms with Gasteiger partial charge in [0.05, 0.1) is 25.3 Å². The van der Waals surface area contributed by atoms with Crippen molar-refractivity contribution in [3.05, 3.63) is 71.0 Å². The molecule has 1 N–H and O–H groups in total. The maximum atomic E-state index is 13.3. The minimum absolute atomic E-state index is 0.145. The van der Waals surface area contributed by atoms with E-state index >= 15 is 0 Å². The van der Waals surface area contributed by atoms with Gasteiger partial charge in [-0.05, 0) is 48.9 Å². The molecular formula is C20H19FN2O2S. The summed E-state index contributed by atoms with van der Waals surface area (Å²) in [7, 11) is 1.62. The van der Waals surface area contributed by atoms with Gasteiger partial charge >= 0.3 is 0 Å². The number of benzene rings is 2. The summed E-state index contributed by atoms with van der Waals surface area (Å²) in [5, 5.41) is 5.61. The number of nitrogens with one attached hydrogen (secondary N) is 1. The molecule has 1 unspecified atom stereocenters. The Labute approximate surface area is 155 Å². The molecule has 0 aliphatic rings. The average Bonchev–Trinajstić information content (AvgIpc) is 3.10. The Balaban J connectivity index is 1.62. The van der Waals surface area contributed by atoms with Crippen LogP contribution in [0.3, 0.4) is 0 Å². The lowest BCUT2D eigenvalue weighted by Gasteiger charge is -2.14. The van der Waals surface area contributed by atoms with Gasteiger partial charge in [-0.15, -0.1) is 11.3 Å². The second kappa shape index (κ2) is 8.10. The van der Waals surface area contributed by atoms with Gasteiger partial charge in [0.25, 0.3) is 0 Å². The Hall–Kier alpha value is -2.73. The molecule has 0 saturated heterocycles. The number of hydrogen-bond donors (Lipinski definition) is 1. The summed E-state index contributed by atoms with van der Waals surface area (Å²) < 4.78 is 18.4. The van der Waals surface area contributed by atoms with Crippen LogP contribution in [0.5, 0.6) is 5.75 Å². The molecule has 1 atom stereocenters. The van der Waals surface area contributed by atoms with Gasteiger partial charge in [0.1, 0.15) is 16.6 Å². The largest absolute Gasteiger partial charge is 0.497 e. The first kappa shape index (κ1) is 18.1. The minimum atomic E-state index is -0.313. The third-order valence-electron chi connectivity index (χ3n) is 3.96. The van der Waals surface area contributed by atoms with Crippen LogP contribution in [0.1, 0.15) is 24.2 Å². The zero-order valence-electron chi connectivity index (χ0n) is 14.5. The van der Waals surface area contributed by atoms with Gasteiger partial charge in [-0.25, -0.2) is 9.37 Å². The van der Waals surface area contributed by atoms with Crippen LogP contribution in [0.4, 0.5) is 4.39 Å². The molecule has 3 aromatic rings. The third-order valence-corrected chi connectivity index (χ3v) is 4.90. The lowest BCUT2D eigenvalue weighted by Crippen LogP contribution is -2.28. The lowest BCUT2D eigenvalue weighted by atomic mass is 10.1. The van der Waals surface area contributed by atoms with E-state index < -0.39 is 0 Å². The van der Waals surface area contributed by atoms with E-state index in [2.05, 4.69) is 10.3 Å². The Morgan fingerprint density at radius 2 is 2.04 bits per heavy atom. The van der Waals surface area contributed by atoms with Crippen molar-refractivity contribution >= 4 is 17.2 Å². The van der Waals surface area contributed by atoms with E-state index in [1.165, 1.54) is 23.5 Å². The first-order valence-corrected chi connectivity index (χ1v) is 9.07. The Bertz CT molecular complexity index is 893. The summed E-state index contributed by atoms with van der Waals surface area (Å²) in [4.78, 5) is 16.8. The topological polar surface area (TPSA) is 51.2 Å². The third kappa shape index (κ3) is 4.46. The standard InChI is InChI=1S/C20H19FN2O2S/c1-13(15-4-3-5-16(21)10-15)22-19(24)11-17-12-26-20(23-17)14-6-8-18(25-2)9-7-14/h3-10,12-13H,11H2,1-2H3,(H,22,24). The summed E-state index contributed by atoms with van der Waals surface area (Å²) in [6.45, 7) is 1.83. The molecule has 6 heteroatoms. The smallest absolute Gasteiger partial charge is 0.226 e. The highest BCUT2D eigenvalue weighted by Crippen LogP contribution is 2.26. The number of ether oxygens (including phenoxy) is 1. The molecule has 0 saturated carbocycles. The van der Waals surface area contributed by atoms with Crippen LogP contribution < -0.4 is 10.1 Å². The SMILES string of the molecule is COc1ccc(-c2nc(CC(=O)NC(C)c3cccc(F)c3)cs2)cc1. The molecular weight excluding hydrogens is 351 g/mol. The second-order valence-corrected chi connectivity index (χ2v) is 6.75. The van der Waals surface area contributed by atoms with E-state index in [4.69, 9.17) is 4.74 Å². The van der Waals surface area contributed by atoms with Gasteiger partial charge in [-0.3, -0.25) is 4.79 Å². The summed E-state index contributed by atoms with van der Waals surface area (Å²) >= 11 is 1.49. The van der Waals surface area contributed by atoms with E-state index in [9.17, 15) is 9.18 Å². The normalized spacial score (nSPS) is 11.8. The van der Waals surface area contributed by atoms with Crippen molar-refractivity contribution in [2.75, 3.05) is 7.11 Å². The average molecular weight is 370 g/mol. The molecule has 2 aromatic carbocycles. The van der Waals surface area contributed by atoms with Crippen molar-refractivity contribution in [3.63, 3.8) is 0 Å². The molecule has 4 nitrogen and oxygen atoms in total. The minimum Gasteiger partial charge on any atom is -0.497 e. The molecule has 1 aromatic heterocycles. The number of aromatic nitrogens is 1. The summed E-state index contributed by atoms with van der Waals surface area (Å²) in [6, 6.07) is 13.6. The van der Waals surface area contributed by atoms with Gasteiger partial charge in [0, 0.05) is 10.9 Å². The molecule has 3 rings (SSSR count). The van der Waals surface area contributed by atoms with E-state index in [0.29, 0.717) is 5.69 Å². The molecule has 0 bridgehead atoms. The Morgan fingerprint density at radius 1 is 1.27 bits per heavy atom. The zero-order chi connectivity index (χ0) is 18.5. The van der Waals surface area contributed by atoms with Crippen LogP contribution >= 0.6 is 11.3 Å². The number of carbonyl (C=O) groups excluding carboxylic acids is 1. The molecule has 1 amide bonds. The fourth-order valence-corrected chi connectivity index (χ4v) is 3.40. The van der Waals surface area contributed by atoms with Crippen LogP contribution in [0, 0.1) is 5.82 Å².